The molecule has 2 saturated carbocycles. The molecule has 1 spiro atoms. The summed E-state index contributed by atoms with van der Waals surface area (Å²) in [6.45, 7) is 6.41. The van der Waals surface area contributed by atoms with Gasteiger partial charge in [-0.05, 0) is 55.0 Å². The highest BCUT2D eigenvalue weighted by Crippen LogP contribution is 2.67. The fourth-order valence-electron chi connectivity index (χ4n) is 7.98. The molecule has 9 heteroatoms. The number of hydrogen-bond donors (Lipinski definition) is 1. The Morgan fingerprint density at radius 3 is 2.68 bits per heavy atom. The van der Waals surface area contributed by atoms with Gasteiger partial charge in [-0.1, -0.05) is 12.6 Å². The maximum absolute atomic E-state index is 12.7. The van der Waals surface area contributed by atoms with Crippen molar-refractivity contribution in [2.24, 2.45) is 5.92 Å². The number of carbonyl (C=O) groups excluding carboxylic acids is 1. The number of nitro benzene ring substituents is 1. The van der Waals surface area contributed by atoms with E-state index in [1.807, 2.05) is 6.07 Å². The van der Waals surface area contributed by atoms with E-state index in [0.717, 1.165) is 53.0 Å². The average molecular weight is 520 g/mol. The highest BCUT2D eigenvalue weighted by molar-refractivity contribution is 5.71. The number of piperidine rings is 1. The van der Waals surface area contributed by atoms with Gasteiger partial charge in [-0.3, -0.25) is 10.1 Å². The summed E-state index contributed by atoms with van der Waals surface area (Å²) in [7, 11) is 2.32. The van der Waals surface area contributed by atoms with Crippen molar-refractivity contribution in [1.82, 2.24) is 0 Å². The molecule has 2 aromatic carbocycles. The predicted octanol–water partition coefficient (Wildman–Crippen LogP) is 4.44. The number of hydrogen-bond acceptors (Lipinski definition) is 7. The molecule has 2 heterocycles. The van der Waals surface area contributed by atoms with Gasteiger partial charge < -0.3 is 23.8 Å². The van der Waals surface area contributed by atoms with E-state index in [1.54, 1.807) is 6.07 Å². The number of likely N-dealkylation sites (N-methyl/N-ethyl adjacent to an activating group) is 1. The SMILES string of the molecule is C=C1CC[C@@]2(O)[C@H]3Cc4ccc(OC(=O)Oc5ccc([N+](=O)[O-])cc5)c5c4[C@@]2(CC[N@@+]3(C)CC2CC2)[C@H]1O5. The number of likely N-dealkylation sites (tertiary alicyclic amines) is 1. The van der Waals surface area contributed by atoms with E-state index in [1.165, 1.54) is 37.1 Å². The number of nitrogens with zero attached hydrogens (tertiary/aromatic N) is 2. The number of nitro groups is 1. The van der Waals surface area contributed by atoms with Gasteiger partial charge in [0.25, 0.3) is 5.69 Å². The molecule has 0 unspecified atom stereocenters. The van der Waals surface area contributed by atoms with Crippen molar-refractivity contribution in [1.29, 1.82) is 0 Å². The van der Waals surface area contributed by atoms with E-state index in [-0.39, 0.29) is 29.3 Å². The molecule has 1 saturated heterocycles. The molecular formula is C29H31N2O7+. The Hall–Kier alpha value is -3.43. The van der Waals surface area contributed by atoms with Crippen LogP contribution >= 0.6 is 0 Å². The number of ether oxygens (including phenoxy) is 3. The summed E-state index contributed by atoms with van der Waals surface area (Å²) in [5, 5.41) is 23.5. The Bertz CT molecular complexity index is 1390. The fourth-order valence-corrected chi connectivity index (χ4v) is 7.98. The van der Waals surface area contributed by atoms with Gasteiger partial charge in [-0.2, -0.15) is 0 Å². The van der Waals surface area contributed by atoms with Gasteiger partial charge in [0.2, 0.25) is 0 Å². The molecule has 3 aliphatic carbocycles. The van der Waals surface area contributed by atoms with Crippen molar-refractivity contribution in [2.75, 3.05) is 20.1 Å². The Morgan fingerprint density at radius 1 is 1.21 bits per heavy atom. The first kappa shape index (κ1) is 23.7. The van der Waals surface area contributed by atoms with Crippen molar-refractivity contribution >= 4 is 11.8 Å². The maximum Gasteiger partial charge on any atom is 0.519 e. The number of benzene rings is 2. The molecule has 5 atom stereocenters. The third-order valence-electron chi connectivity index (χ3n) is 9.86. The summed E-state index contributed by atoms with van der Waals surface area (Å²) >= 11 is 0. The van der Waals surface area contributed by atoms with Crippen LogP contribution in [0.25, 0.3) is 0 Å². The second-order valence-electron chi connectivity index (χ2n) is 12.0. The van der Waals surface area contributed by atoms with Crippen LogP contribution in [0.3, 0.4) is 0 Å². The van der Waals surface area contributed by atoms with Crippen LogP contribution in [0.2, 0.25) is 0 Å². The molecule has 0 radical (unpaired) electrons. The Morgan fingerprint density at radius 2 is 1.97 bits per heavy atom. The van der Waals surface area contributed by atoms with Gasteiger partial charge >= 0.3 is 6.16 Å². The van der Waals surface area contributed by atoms with Crippen molar-refractivity contribution in [2.45, 2.75) is 61.7 Å². The van der Waals surface area contributed by atoms with Crippen LogP contribution in [0.15, 0.2) is 48.6 Å². The van der Waals surface area contributed by atoms with Gasteiger partial charge in [0.1, 0.15) is 23.5 Å². The second kappa shape index (κ2) is 7.80. The number of aliphatic hydroxyl groups is 1. The van der Waals surface area contributed by atoms with E-state index in [0.29, 0.717) is 18.6 Å². The second-order valence-corrected chi connectivity index (χ2v) is 12.0. The molecule has 3 fully saturated rings. The minimum atomic E-state index is -0.967. The van der Waals surface area contributed by atoms with E-state index in [2.05, 4.69) is 13.6 Å². The number of non-ortho nitro benzene ring substituents is 1. The summed E-state index contributed by atoms with van der Waals surface area (Å²) in [5.41, 5.74) is 1.42. The van der Waals surface area contributed by atoms with Gasteiger partial charge in [0.05, 0.1) is 30.5 Å². The highest BCUT2D eigenvalue weighted by Gasteiger charge is 2.75. The van der Waals surface area contributed by atoms with Gasteiger partial charge in [-0.15, -0.1) is 0 Å². The first-order chi connectivity index (χ1) is 18.1. The Labute approximate surface area is 220 Å². The van der Waals surface area contributed by atoms with Crippen LogP contribution < -0.4 is 14.2 Å². The van der Waals surface area contributed by atoms with Gasteiger partial charge in [0.15, 0.2) is 11.5 Å². The number of carbonyl (C=O) groups is 1. The molecule has 5 aliphatic rings. The molecule has 7 rings (SSSR count). The first-order valence-electron chi connectivity index (χ1n) is 13.4. The smallest absolute Gasteiger partial charge is 0.481 e. The topological polar surface area (TPSA) is 108 Å². The van der Waals surface area contributed by atoms with E-state index < -0.39 is 22.1 Å². The lowest BCUT2D eigenvalue weighted by atomic mass is 9.48. The van der Waals surface area contributed by atoms with Crippen molar-refractivity contribution < 1.29 is 33.5 Å². The zero-order valence-corrected chi connectivity index (χ0v) is 21.4. The lowest BCUT2D eigenvalue weighted by molar-refractivity contribution is -0.950. The lowest BCUT2D eigenvalue weighted by Crippen LogP contribution is -2.80. The third kappa shape index (κ3) is 3.15. The molecule has 1 N–H and O–H groups in total. The Kier molecular flexibility index (Phi) is 4.86. The van der Waals surface area contributed by atoms with E-state index >= 15 is 0 Å². The lowest BCUT2D eigenvalue weighted by Gasteiger charge is -2.65. The van der Waals surface area contributed by atoms with Crippen molar-refractivity contribution in [3.63, 3.8) is 0 Å². The minimum absolute atomic E-state index is 0.0772. The Balaban J connectivity index is 1.24. The average Bonchev–Trinajstić information content (AvgIpc) is 3.61. The van der Waals surface area contributed by atoms with Crippen LogP contribution in [0.5, 0.6) is 17.2 Å². The molecule has 198 valence electrons. The zero-order chi connectivity index (χ0) is 26.4. The monoisotopic (exact) mass is 519 g/mol. The number of rotatable bonds is 5. The standard InChI is InChI=1S/C29H31N2O7/c1-17-11-12-29(33)23-15-19-5-10-22(37-27(32)36-21-8-6-20(7-9-21)30(34)35)25-24(19)28(29,26(17)38-25)13-14-31(23,2)16-18-3-4-18/h5-10,18,23,26,33H,1,3-4,11-16H2,2H3/q+1/t23-,26+,28+,29-,31+/m1/s1. The van der Waals surface area contributed by atoms with Gasteiger partial charge in [0, 0.05) is 36.5 Å². The summed E-state index contributed by atoms with van der Waals surface area (Å²) in [6.07, 6.45) is 4.11. The van der Waals surface area contributed by atoms with Crippen LogP contribution in [-0.2, 0) is 11.8 Å². The van der Waals surface area contributed by atoms with Crippen LogP contribution in [0, 0.1) is 16.0 Å². The fraction of sp³-hybridized carbons (Fsp3) is 0.483. The molecule has 0 amide bonds. The van der Waals surface area contributed by atoms with Crippen LogP contribution in [0.1, 0.15) is 43.2 Å². The normalized spacial score (nSPS) is 34.2. The number of quaternary nitrogens is 1. The summed E-state index contributed by atoms with van der Waals surface area (Å²) in [5.74, 6) is 1.62. The summed E-state index contributed by atoms with van der Waals surface area (Å²) in [4.78, 5) is 23.1. The van der Waals surface area contributed by atoms with Crippen molar-refractivity contribution in [3.8, 4) is 17.2 Å². The zero-order valence-electron chi connectivity index (χ0n) is 21.4. The molecular weight excluding hydrogens is 488 g/mol. The van der Waals surface area contributed by atoms with Crippen molar-refractivity contribution in [3.05, 3.63) is 69.8 Å². The van der Waals surface area contributed by atoms with E-state index in [9.17, 15) is 20.0 Å². The molecule has 2 bridgehead atoms. The highest BCUT2D eigenvalue weighted by atomic mass is 16.7. The minimum Gasteiger partial charge on any atom is -0.481 e. The molecule has 9 nitrogen and oxygen atoms in total. The molecule has 2 aromatic rings. The van der Waals surface area contributed by atoms with Gasteiger partial charge in [-0.25, -0.2) is 4.79 Å². The molecule has 2 aliphatic heterocycles. The van der Waals surface area contributed by atoms with E-state index in [4.69, 9.17) is 14.2 Å². The van der Waals surface area contributed by atoms with Crippen LogP contribution in [0.4, 0.5) is 10.5 Å². The predicted molar refractivity (Wildman–Crippen MR) is 136 cm³/mol. The third-order valence-corrected chi connectivity index (χ3v) is 9.86. The van der Waals surface area contributed by atoms with Crippen LogP contribution in [-0.4, -0.2) is 58.6 Å². The molecule has 38 heavy (non-hydrogen) atoms. The molecule has 0 aromatic heterocycles. The first-order valence-corrected chi connectivity index (χ1v) is 13.4. The largest absolute Gasteiger partial charge is 0.519 e. The summed E-state index contributed by atoms with van der Waals surface area (Å²) < 4.78 is 18.4. The summed E-state index contributed by atoms with van der Waals surface area (Å²) in [6, 6.07) is 9.03. The maximum atomic E-state index is 12.7. The quantitative estimate of drug-likeness (QED) is 0.155.